The normalized spacial score (nSPS) is 30.4. The average molecular weight is 464 g/mol. The van der Waals surface area contributed by atoms with Crippen LogP contribution in [0.1, 0.15) is 36.2 Å². The molecule has 3 heterocycles. The van der Waals surface area contributed by atoms with Crippen LogP contribution in [0.2, 0.25) is 0 Å². The van der Waals surface area contributed by atoms with Crippen LogP contribution in [0.5, 0.6) is 0 Å². The molecule has 4 amide bonds. The van der Waals surface area contributed by atoms with Crippen molar-refractivity contribution in [2.75, 3.05) is 44.2 Å². The molecule has 1 unspecified atom stereocenters. The molecule has 1 aromatic heterocycles. The molecule has 7 rings (SSSR count). The first-order valence-electron chi connectivity index (χ1n) is 12.3. The molecule has 5 aliphatic rings. The molecule has 3 saturated carbocycles. The fourth-order valence-electron chi connectivity index (χ4n) is 6.06. The SMILES string of the molecule is NC(=O)c1cc2cc(N3CCN(C(=O)N4CC(NC(=O)C56CC5C6)C5(CC5)C4)CC3)ccc2o1. The van der Waals surface area contributed by atoms with Crippen LogP contribution < -0.4 is 16.0 Å². The number of benzene rings is 1. The molecule has 1 spiro atoms. The second-order valence-corrected chi connectivity index (χ2v) is 11.0. The van der Waals surface area contributed by atoms with Crippen molar-refractivity contribution in [2.24, 2.45) is 22.5 Å². The van der Waals surface area contributed by atoms with Gasteiger partial charge in [-0.25, -0.2) is 4.79 Å². The van der Waals surface area contributed by atoms with E-state index in [0.29, 0.717) is 31.1 Å². The van der Waals surface area contributed by atoms with Crippen LogP contribution in [0, 0.1) is 16.7 Å². The van der Waals surface area contributed by atoms with Crippen molar-refractivity contribution >= 4 is 34.5 Å². The number of urea groups is 1. The van der Waals surface area contributed by atoms with E-state index in [1.54, 1.807) is 6.07 Å². The number of rotatable bonds is 4. The number of primary amides is 1. The van der Waals surface area contributed by atoms with Crippen molar-refractivity contribution < 1.29 is 18.8 Å². The largest absolute Gasteiger partial charge is 0.451 e. The minimum Gasteiger partial charge on any atom is -0.451 e. The summed E-state index contributed by atoms with van der Waals surface area (Å²) in [5.41, 5.74) is 7.08. The van der Waals surface area contributed by atoms with E-state index in [4.69, 9.17) is 10.2 Å². The summed E-state index contributed by atoms with van der Waals surface area (Å²) >= 11 is 0. The molecule has 9 nitrogen and oxygen atoms in total. The number of hydrogen-bond acceptors (Lipinski definition) is 5. The Morgan fingerprint density at radius 2 is 1.76 bits per heavy atom. The number of carbonyl (C=O) groups is 3. The first kappa shape index (κ1) is 20.2. The van der Waals surface area contributed by atoms with Crippen LogP contribution in [0.4, 0.5) is 10.5 Å². The number of hydrogen-bond donors (Lipinski definition) is 2. The van der Waals surface area contributed by atoms with E-state index in [9.17, 15) is 14.4 Å². The maximum absolute atomic E-state index is 13.3. The van der Waals surface area contributed by atoms with Crippen molar-refractivity contribution in [3.63, 3.8) is 0 Å². The van der Waals surface area contributed by atoms with Crippen molar-refractivity contribution in [2.45, 2.75) is 31.7 Å². The number of furan rings is 1. The topological polar surface area (TPSA) is 112 Å². The molecule has 34 heavy (non-hydrogen) atoms. The smallest absolute Gasteiger partial charge is 0.320 e. The molecule has 2 saturated heterocycles. The van der Waals surface area contributed by atoms with Crippen LogP contribution in [0.25, 0.3) is 11.0 Å². The van der Waals surface area contributed by atoms with Gasteiger partial charge in [-0.05, 0) is 55.9 Å². The van der Waals surface area contributed by atoms with Gasteiger partial charge in [0.1, 0.15) is 5.58 Å². The predicted octanol–water partition coefficient (Wildman–Crippen LogP) is 1.76. The van der Waals surface area contributed by atoms with Gasteiger partial charge in [-0.1, -0.05) is 0 Å². The van der Waals surface area contributed by atoms with Gasteiger partial charge in [0.05, 0.1) is 11.5 Å². The standard InChI is InChI=1S/C25H29N5O4/c26-21(31)19-10-15-9-17(1-2-18(15)34-19)28-5-7-29(8-6-28)23(33)30-13-20(24(14-30)3-4-24)27-22(32)25-11-16(25)12-25/h1-2,9-10,16,20H,3-8,11-14H2,(H2,26,31)(H,27,32). The summed E-state index contributed by atoms with van der Waals surface area (Å²) in [6, 6.07) is 7.69. The summed E-state index contributed by atoms with van der Waals surface area (Å²) in [4.78, 5) is 43.5. The lowest BCUT2D eigenvalue weighted by Crippen LogP contribution is -2.53. The Morgan fingerprint density at radius 3 is 2.41 bits per heavy atom. The highest BCUT2D eigenvalue weighted by atomic mass is 16.3. The first-order chi connectivity index (χ1) is 16.4. The Hall–Kier alpha value is -3.23. The van der Waals surface area contributed by atoms with E-state index < -0.39 is 5.91 Å². The number of piperazine rings is 1. The van der Waals surface area contributed by atoms with Crippen LogP contribution in [0.3, 0.4) is 0 Å². The zero-order valence-electron chi connectivity index (χ0n) is 19.1. The highest BCUT2D eigenvalue weighted by Crippen LogP contribution is 2.75. The maximum Gasteiger partial charge on any atom is 0.320 e. The first-order valence-corrected chi connectivity index (χ1v) is 12.3. The van der Waals surface area contributed by atoms with E-state index >= 15 is 0 Å². The molecule has 3 N–H and O–H groups in total. The number of nitrogens with two attached hydrogens (primary N) is 1. The highest BCUT2D eigenvalue weighted by molar-refractivity contribution is 5.95. The minimum atomic E-state index is -0.578. The van der Waals surface area contributed by atoms with Crippen LogP contribution in [0.15, 0.2) is 28.7 Å². The fourth-order valence-corrected chi connectivity index (χ4v) is 6.06. The molecule has 9 heteroatoms. The third-order valence-electron chi connectivity index (χ3n) is 8.91. The van der Waals surface area contributed by atoms with E-state index in [1.807, 2.05) is 28.0 Å². The van der Waals surface area contributed by atoms with Crippen LogP contribution in [-0.4, -0.2) is 73.0 Å². The maximum atomic E-state index is 13.3. The average Bonchev–Trinajstić information content (AvgIpc) is 3.75. The Bertz CT molecular complexity index is 1220. The van der Waals surface area contributed by atoms with E-state index in [1.165, 1.54) is 0 Å². The van der Waals surface area contributed by atoms with Crippen molar-refractivity contribution in [1.29, 1.82) is 0 Å². The van der Waals surface area contributed by atoms with E-state index in [2.05, 4.69) is 10.2 Å². The summed E-state index contributed by atoms with van der Waals surface area (Å²) in [6.45, 7) is 4.17. The zero-order chi connectivity index (χ0) is 23.2. The molecular formula is C25H29N5O4. The molecule has 0 radical (unpaired) electrons. The molecule has 178 valence electrons. The summed E-state index contributed by atoms with van der Waals surface area (Å²) < 4.78 is 5.48. The van der Waals surface area contributed by atoms with Gasteiger partial charge >= 0.3 is 6.03 Å². The molecule has 2 aromatic rings. The number of amides is 4. The lowest BCUT2D eigenvalue weighted by Gasteiger charge is -2.37. The van der Waals surface area contributed by atoms with Gasteiger partial charge < -0.3 is 30.2 Å². The predicted molar refractivity (Wildman–Crippen MR) is 124 cm³/mol. The molecule has 1 atom stereocenters. The third-order valence-corrected chi connectivity index (χ3v) is 8.91. The quantitative estimate of drug-likeness (QED) is 0.718. The van der Waals surface area contributed by atoms with Gasteiger partial charge in [0.15, 0.2) is 5.76 Å². The van der Waals surface area contributed by atoms with E-state index in [0.717, 1.165) is 56.4 Å². The van der Waals surface area contributed by atoms with Gasteiger partial charge in [-0.3, -0.25) is 9.59 Å². The van der Waals surface area contributed by atoms with Crippen LogP contribution >= 0.6 is 0 Å². The van der Waals surface area contributed by atoms with Crippen molar-refractivity contribution in [1.82, 2.24) is 15.1 Å². The fraction of sp³-hybridized carbons (Fsp3) is 0.560. The minimum absolute atomic E-state index is 0.0231. The second-order valence-electron chi connectivity index (χ2n) is 11.0. The third kappa shape index (κ3) is 3.02. The van der Waals surface area contributed by atoms with Crippen molar-refractivity contribution in [3.05, 3.63) is 30.0 Å². The van der Waals surface area contributed by atoms with Gasteiger partial charge in [0.2, 0.25) is 5.91 Å². The Kier molecular flexibility index (Phi) is 3.96. The molecule has 5 fully saturated rings. The second kappa shape index (κ2) is 6.67. The highest BCUT2D eigenvalue weighted by Gasteiger charge is 2.75. The molecular weight excluding hydrogens is 434 g/mol. The van der Waals surface area contributed by atoms with Gasteiger partial charge in [-0.2, -0.15) is 0 Å². The van der Waals surface area contributed by atoms with Gasteiger partial charge in [-0.15, -0.1) is 0 Å². The Labute approximate surface area is 197 Å². The monoisotopic (exact) mass is 463 g/mol. The number of carbonyl (C=O) groups excluding carboxylic acids is 3. The lowest BCUT2D eigenvalue weighted by atomic mass is 10.00. The number of likely N-dealkylation sites (tertiary alicyclic amines) is 1. The van der Waals surface area contributed by atoms with Gasteiger partial charge in [0.25, 0.3) is 5.91 Å². The number of anilines is 1. The molecule has 1 aromatic carbocycles. The van der Waals surface area contributed by atoms with Crippen LogP contribution in [-0.2, 0) is 4.79 Å². The molecule has 0 bridgehead atoms. The number of nitrogens with one attached hydrogen (secondary N) is 1. The summed E-state index contributed by atoms with van der Waals surface area (Å²) in [7, 11) is 0. The van der Waals surface area contributed by atoms with E-state index in [-0.39, 0.29) is 34.6 Å². The Morgan fingerprint density at radius 1 is 1.03 bits per heavy atom. The summed E-state index contributed by atoms with van der Waals surface area (Å²) in [5, 5.41) is 4.16. The summed E-state index contributed by atoms with van der Waals surface area (Å²) in [5.74, 6) is 0.446. The van der Waals surface area contributed by atoms with Gasteiger partial charge in [0, 0.05) is 55.8 Å². The zero-order valence-corrected chi connectivity index (χ0v) is 19.1. The summed E-state index contributed by atoms with van der Waals surface area (Å²) in [6.07, 6.45) is 4.32. The molecule has 3 aliphatic carbocycles. The number of nitrogens with zero attached hydrogens (tertiary/aromatic N) is 3. The Balaban J connectivity index is 0.980. The molecule has 2 aliphatic heterocycles. The lowest BCUT2D eigenvalue weighted by molar-refractivity contribution is -0.125. The number of fused-ring (bicyclic) bond motifs is 2. The van der Waals surface area contributed by atoms with Crippen molar-refractivity contribution in [3.8, 4) is 0 Å².